The van der Waals surface area contributed by atoms with Crippen LogP contribution in [0.25, 0.3) is 0 Å². The Morgan fingerprint density at radius 1 is 1.25 bits per heavy atom. The molecular weight excluding hydrogens is 422 g/mol. The van der Waals surface area contributed by atoms with Crippen molar-refractivity contribution in [1.29, 1.82) is 5.26 Å². The largest absolute Gasteiger partial charge is 0.465 e. The number of ketones is 1. The number of nitrogens with zero attached hydrogens (tertiary/aromatic N) is 1. The summed E-state index contributed by atoms with van der Waals surface area (Å²) in [6.45, 7) is 5.96. The second kappa shape index (κ2) is 8.71. The first-order valence-electron chi connectivity index (χ1n) is 10.5. The van der Waals surface area contributed by atoms with E-state index < -0.39 is 5.92 Å². The van der Waals surface area contributed by atoms with Gasteiger partial charge in [-0.2, -0.15) is 5.26 Å². The number of Topliss-reactive ketones (excluding diaryl/α,β-unsaturated/α-hetero) is 1. The van der Waals surface area contributed by atoms with Crippen molar-refractivity contribution >= 4 is 29.1 Å². The lowest BCUT2D eigenvalue weighted by Gasteiger charge is -2.38. The van der Waals surface area contributed by atoms with E-state index in [0.29, 0.717) is 34.8 Å². The van der Waals surface area contributed by atoms with Crippen LogP contribution in [-0.2, 0) is 9.59 Å². The molecule has 1 aliphatic heterocycles. The van der Waals surface area contributed by atoms with E-state index in [1.54, 1.807) is 0 Å². The van der Waals surface area contributed by atoms with Crippen molar-refractivity contribution in [2.75, 3.05) is 11.1 Å². The van der Waals surface area contributed by atoms with Gasteiger partial charge < -0.3 is 15.1 Å². The highest BCUT2D eigenvalue weighted by atomic mass is 32.2. The molecule has 1 aromatic carbocycles. The average molecular weight is 448 g/mol. The number of para-hydroxylation sites is 1. The smallest absolute Gasteiger partial charge is 0.234 e. The minimum absolute atomic E-state index is 0.0291. The minimum Gasteiger partial charge on any atom is -0.465 e. The summed E-state index contributed by atoms with van der Waals surface area (Å²) in [4.78, 5) is 25.6. The number of aryl methyl sites for hydroxylation is 1. The highest BCUT2D eigenvalue weighted by molar-refractivity contribution is 8.03. The molecule has 0 unspecified atom stereocenters. The Labute approximate surface area is 191 Å². The minimum atomic E-state index is -0.562. The summed E-state index contributed by atoms with van der Waals surface area (Å²) in [7, 11) is 0. The van der Waals surface area contributed by atoms with Gasteiger partial charge in [0.2, 0.25) is 5.91 Å². The molecule has 6 nitrogen and oxygen atoms in total. The van der Waals surface area contributed by atoms with Crippen molar-refractivity contribution in [2.24, 2.45) is 5.41 Å². The highest BCUT2D eigenvalue weighted by Gasteiger charge is 2.43. The van der Waals surface area contributed by atoms with Crippen molar-refractivity contribution in [3.8, 4) is 6.07 Å². The second-order valence-electron chi connectivity index (χ2n) is 8.90. The van der Waals surface area contributed by atoms with E-state index in [1.807, 2.05) is 49.4 Å². The fraction of sp³-hybridized carbons (Fsp3) is 0.320. The lowest BCUT2D eigenvalue weighted by Crippen LogP contribution is -2.37. The Kier molecular flexibility index (Phi) is 5.98. The third-order valence-electron chi connectivity index (χ3n) is 5.58. The first-order valence-corrected chi connectivity index (χ1v) is 11.5. The van der Waals surface area contributed by atoms with Crippen LogP contribution in [0.1, 0.15) is 44.1 Å². The second-order valence-corrected chi connectivity index (χ2v) is 9.88. The van der Waals surface area contributed by atoms with Crippen LogP contribution in [0.15, 0.2) is 68.8 Å². The molecule has 4 rings (SSSR count). The number of carbonyl (C=O) groups excluding carboxylic acids is 2. The Morgan fingerprint density at radius 2 is 2.00 bits per heavy atom. The quantitative estimate of drug-likeness (QED) is 0.668. The van der Waals surface area contributed by atoms with Crippen LogP contribution in [-0.4, -0.2) is 17.4 Å². The van der Waals surface area contributed by atoms with Crippen LogP contribution in [0.3, 0.4) is 0 Å². The number of amides is 1. The molecule has 0 fully saturated rings. The molecule has 0 radical (unpaired) electrons. The molecule has 2 aliphatic rings. The molecule has 0 saturated heterocycles. The van der Waals surface area contributed by atoms with Gasteiger partial charge in [-0.15, -0.1) is 0 Å². The summed E-state index contributed by atoms with van der Waals surface area (Å²) >= 11 is 1.27. The zero-order valence-corrected chi connectivity index (χ0v) is 19.1. The molecule has 0 bridgehead atoms. The lowest BCUT2D eigenvalue weighted by molar-refractivity contribution is -0.118. The zero-order valence-electron chi connectivity index (χ0n) is 18.3. The van der Waals surface area contributed by atoms with Crippen molar-refractivity contribution in [3.63, 3.8) is 0 Å². The maximum absolute atomic E-state index is 13.1. The van der Waals surface area contributed by atoms with Crippen LogP contribution in [0, 0.1) is 23.7 Å². The number of carbonyl (C=O) groups is 2. The van der Waals surface area contributed by atoms with E-state index in [4.69, 9.17) is 4.42 Å². The third kappa shape index (κ3) is 4.51. The number of nitrogens with one attached hydrogen (secondary N) is 2. The summed E-state index contributed by atoms with van der Waals surface area (Å²) < 4.78 is 5.87. The van der Waals surface area contributed by atoms with Crippen molar-refractivity contribution in [1.82, 2.24) is 5.32 Å². The Hall–Kier alpha value is -3.24. The number of nitriles is 1. The first-order chi connectivity index (χ1) is 15.3. The molecule has 7 heteroatoms. The molecule has 0 saturated carbocycles. The molecule has 164 valence electrons. The van der Waals surface area contributed by atoms with E-state index in [-0.39, 0.29) is 22.9 Å². The monoisotopic (exact) mass is 447 g/mol. The number of hydrogen-bond acceptors (Lipinski definition) is 6. The molecule has 0 spiro atoms. The number of benzene rings is 1. The Balaban J connectivity index is 1.64. The molecule has 2 aromatic rings. The predicted molar refractivity (Wildman–Crippen MR) is 125 cm³/mol. The van der Waals surface area contributed by atoms with Gasteiger partial charge in [0.15, 0.2) is 5.78 Å². The zero-order chi connectivity index (χ0) is 22.9. The van der Waals surface area contributed by atoms with Crippen LogP contribution >= 0.6 is 11.8 Å². The number of hydrogen-bond donors (Lipinski definition) is 2. The number of anilines is 1. The Morgan fingerprint density at radius 3 is 2.66 bits per heavy atom. The molecule has 1 atom stereocenters. The molecular formula is C25H25N3O3S. The number of dihydropyridines is 1. The van der Waals surface area contributed by atoms with Crippen LogP contribution < -0.4 is 10.6 Å². The molecule has 2 heterocycles. The van der Waals surface area contributed by atoms with Gasteiger partial charge in [-0.1, -0.05) is 43.8 Å². The number of allylic oxidation sites excluding steroid dienone is 3. The summed E-state index contributed by atoms with van der Waals surface area (Å²) in [5.74, 6) is 0.727. The standard InChI is InChI=1S/C25H25N3O3S/c1-15-9-10-20(31-15)22-17(13-26)24(28-18-11-25(2,3)12-19(29)23(18)22)32-14-21(30)27-16-7-5-4-6-8-16/h4-10,22,28H,11-12,14H2,1-3H3,(H,27,30)/t22-/m0/s1. The number of rotatable bonds is 5. The van der Waals surface area contributed by atoms with E-state index >= 15 is 0 Å². The van der Waals surface area contributed by atoms with Gasteiger partial charge in [-0.05, 0) is 43.0 Å². The molecule has 1 aliphatic carbocycles. The van der Waals surface area contributed by atoms with Gasteiger partial charge in [-0.3, -0.25) is 9.59 Å². The van der Waals surface area contributed by atoms with E-state index in [2.05, 4.69) is 30.6 Å². The topological polar surface area (TPSA) is 95.1 Å². The maximum atomic E-state index is 13.1. The lowest BCUT2D eigenvalue weighted by atomic mass is 9.70. The van der Waals surface area contributed by atoms with E-state index in [0.717, 1.165) is 17.1 Å². The van der Waals surface area contributed by atoms with Gasteiger partial charge in [0.05, 0.1) is 28.3 Å². The van der Waals surface area contributed by atoms with Gasteiger partial charge in [0, 0.05) is 23.4 Å². The van der Waals surface area contributed by atoms with Gasteiger partial charge in [0.1, 0.15) is 11.5 Å². The maximum Gasteiger partial charge on any atom is 0.234 e. The molecule has 1 amide bonds. The first kappa shape index (κ1) is 22.0. The van der Waals surface area contributed by atoms with Gasteiger partial charge >= 0.3 is 0 Å². The van der Waals surface area contributed by atoms with Crippen molar-refractivity contribution < 1.29 is 14.0 Å². The van der Waals surface area contributed by atoms with E-state index in [1.165, 1.54) is 11.8 Å². The predicted octanol–water partition coefficient (Wildman–Crippen LogP) is 5.03. The van der Waals surface area contributed by atoms with E-state index in [9.17, 15) is 14.9 Å². The average Bonchev–Trinajstić information content (AvgIpc) is 3.17. The van der Waals surface area contributed by atoms with Crippen molar-refractivity contribution in [3.05, 3.63) is 75.9 Å². The summed E-state index contributed by atoms with van der Waals surface area (Å²) in [6.07, 6.45) is 1.10. The summed E-state index contributed by atoms with van der Waals surface area (Å²) in [5.41, 5.74) is 2.36. The summed E-state index contributed by atoms with van der Waals surface area (Å²) in [6, 6.07) is 15.2. The SMILES string of the molecule is Cc1ccc([C@@H]2C(C#N)=C(SCC(=O)Nc3ccccc3)NC3=C2C(=O)CC(C)(C)C3)o1. The van der Waals surface area contributed by atoms with Crippen molar-refractivity contribution in [2.45, 2.75) is 39.5 Å². The van der Waals surface area contributed by atoms with Crippen LogP contribution in [0.4, 0.5) is 5.69 Å². The number of furan rings is 1. The van der Waals surface area contributed by atoms with Crippen LogP contribution in [0.5, 0.6) is 0 Å². The molecule has 32 heavy (non-hydrogen) atoms. The fourth-order valence-corrected chi connectivity index (χ4v) is 5.10. The Bertz CT molecular complexity index is 1170. The van der Waals surface area contributed by atoms with Gasteiger partial charge in [0.25, 0.3) is 0 Å². The fourth-order valence-electron chi connectivity index (χ4n) is 4.24. The highest BCUT2D eigenvalue weighted by Crippen LogP contribution is 2.48. The van der Waals surface area contributed by atoms with Crippen LogP contribution in [0.2, 0.25) is 0 Å². The third-order valence-corrected chi connectivity index (χ3v) is 6.59. The summed E-state index contributed by atoms with van der Waals surface area (Å²) in [5, 5.41) is 16.8. The number of thioether (sulfide) groups is 1. The molecule has 1 aromatic heterocycles. The van der Waals surface area contributed by atoms with Gasteiger partial charge in [-0.25, -0.2) is 0 Å². The normalized spacial score (nSPS) is 19.8. The molecule has 2 N–H and O–H groups in total.